The zero-order chi connectivity index (χ0) is 11.4. The predicted molar refractivity (Wildman–Crippen MR) is 51.5 cm³/mol. The number of hydrogen-bond acceptors (Lipinski definition) is 4. The van der Waals surface area contributed by atoms with Gasteiger partial charge in [0, 0.05) is 6.08 Å². The Balaban J connectivity index is 2.95. The van der Waals surface area contributed by atoms with Gasteiger partial charge in [0.15, 0.2) is 0 Å². The minimum Gasteiger partial charge on any atom is -0.478 e. The second-order valence-electron chi connectivity index (χ2n) is 2.78. The predicted octanol–water partition coefficient (Wildman–Crippen LogP) is 1.47. The van der Waals surface area contributed by atoms with E-state index in [0.717, 1.165) is 6.08 Å². The van der Waals surface area contributed by atoms with Crippen molar-refractivity contribution in [3.8, 4) is 0 Å². The number of aryl methyl sites for hydroxylation is 1. The van der Waals surface area contributed by atoms with E-state index in [1.54, 1.807) is 6.92 Å². The number of carboxylic acid groups (broad SMARTS) is 1. The number of rotatable bonds is 3. The molecule has 0 amide bonds. The summed E-state index contributed by atoms with van der Waals surface area (Å²) in [6.07, 6.45) is 2.20. The van der Waals surface area contributed by atoms with Crippen molar-refractivity contribution in [1.82, 2.24) is 0 Å². The first-order chi connectivity index (χ1) is 7.04. The summed E-state index contributed by atoms with van der Waals surface area (Å²) in [5.41, 5.74) is 0.294. The first kappa shape index (κ1) is 11.0. The highest BCUT2D eigenvalue weighted by atomic mass is 16.5. The van der Waals surface area contributed by atoms with Gasteiger partial charge in [-0.2, -0.15) is 0 Å². The average molecular weight is 210 g/mol. The molecular weight excluding hydrogens is 200 g/mol. The molecule has 0 aliphatic carbocycles. The zero-order valence-corrected chi connectivity index (χ0v) is 8.31. The zero-order valence-electron chi connectivity index (χ0n) is 8.31. The van der Waals surface area contributed by atoms with Gasteiger partial charge in [-0.05, 0) is 19.1 Å². The molecule has 1 aromatic heterocycles. The van der Waals surface area contributed by atoms with Gasteiger partial charge in [0.05, 0.1) is 7.11 Å². The van der Waals surface area contributed by atoms with Crippen LogP contribution in [0.25, 0.3) is 6.08 Å². The minimum absolute atomic E-state index is 0.294. The molecule has 0 aliphatic rings. The van der Waals surface area contributed by atoms with Crippen LogP contribution >= 0.6 is 0 Å². The standard InChI is InChI=1S/C10H10O5/c1-6-8(10(13)14-2)5-7(15-6)3-4-9(11)12/h3-5H,1-2H3,(H,11,12)/b4-3+. The second-order valence-corrected chi connectivity index (χ2v) is 2.78. The summed E-state index contributed by atoms with van der Waals surface area (Å²) in [4.78, 5) is 21.4. The number of methoxy groups -OCH3 is 1. The Bertz CT molecular complexity index is 413. The summed E-state index contributed by atoms with van der Waals surface area (Å²) >= 11 is 0. The Hall–Kier alpha value is -2.04. The van der Waals surface area contributed by atoms with Gasteiger partial charge in [0.25, 0.3) is 0 Å². The van der Waals surface area contributed by atoms with Crippen molar-refractivity contribution in [2.75, 3.05) is 7.11 Å². The molecule has 1 heterocycles. The Kier molecular flexibility index (Phi) is 3.28. The van der Waals surface area contributed by atoms with Crippen LogP contribution in [0.3, 0.4) is 0 Å². The fraction of sp³-hybridized carbons (Fsp3) is 0.200. The Morgan fingerprint density at radius 2 is 2.20 bits per heavy atom. The van der Waals surface area contributed by atoms with E-state index in [-0.39, 0.29) is 0 Å². The summed E-state index contributed by atoms with van der Waals surface area (Å²) in [5, 5.41) is 8.39. The van der Waals surface area contributed by atoms with Crippen LogP contribution < -0.4 is 0 Å². The number of carbonyl (C=O) groups excluding carboxylic acids is 1. The lowest BCUT2D eigenvalue weighted by atomic mass is 10.2. The van der Waals surface area contributed by atoms with Crippen molar-refractivity contribution in [3.05, 3.63) is 29.2 Å². The molecule has 1 N–H and O–H groups in total. The van der Waals surface area contributed by atoms with E-state index in [0.29, 0.717) is 17.1 Å². The third-order valence-electron chi connectivity index (χ3n) is 1.73. The molecular formula is C10H10O5. The van der Waals surface area contributed by atoms with Crippen LogP contribution in [-0.4, -0.2) is 24.2 Å². The monoisotopic (exact) mass is 210 g/mol. The maximum Gasteiger partial charge on any atom is 0.341 e. The third-order valence-corrected chi connectivity index (χ3v) is 1.73. The third kappa shape index (κ3) is 2.70. The SMILES string of the molecule is COC(=O)c1cc(/C=C/C(=O)O)oc1C. The summed E-state index contributed by atoms with van der Waals surface area (Å²) in [5.74, 6) is -0.892. The molecule has 1 aromatic rings. The number of carboxylic acids is 1. The number of carbonyl (C=O) groups is 2. The van der Waals surface area contributed by atoms with Crippen molar-refractivity contribution in [2.24, 2.45) is 0 Å². The van der Waals surface area contributed by atoms with Gasteiger partial charge in [0.1, 0.15) is 17.1 Å². The van der Waals surface area contributed by atoms with Gasteiger partial charge < -0.3 is 14.3 Å². The van der Waals surface area contributed by atoms with Gasteiger partial charge in [-0.3, -0.25) is 0 Å². The van der Waals surface area contributed by atoms with E-state index in [1.807, 2.05) is 0 Å². The smallest absolute Gasteiger partial charge is 0.341 e. The molecule has 0 aliphatic heterocycles. The van der Waals surface area contributed by atoms with Gasteiger partial charge in [0.2, 0.25) is 0 Å². The Morgan fingerprint density at radius 3 is 2.73 bits per heavy atom. The molecule has 5 nitrogen and oxygen atoms in total. The number of esters is 1. The summed E-state index contributed by atoms with van der Waals surface area (Å²) in [6, 6.07) is 1.43. The molecule has 80 valence electrons. The molecule has 0 aromatic carbocycles. The van der Waals surface area contributed by atoms with Gasteiger partial charge >= 0.3 is 11.9 Å². The van der Waals surface area contributed by atoms with Crippen molar-refractivity contribution in [1.29, 1.82) is 0 Å². The lowest BCUT2D eigenvalue weighted by Gasteiger charge is -1.93. The number of aliphatic carboxylic acids is 1. The molecule has 0 bridgehead atoms. The van der Waals surface area contributed by atoms with Gasteiger partial charge in [-0.25, -0.2) is 9.59 Å². The lowest BCUT2D eigenvalue weighted by molar-refractivity contribution is -0.131. The van der Waals surface area contributed by atoms with Crippen LogP contribution in [0.1, 0.15) is 21.9 Å². The van der Waals surface area contributed by atoms with Crippen molar-refractivity contribution in [3.63, 3.8) is 0 Å². The number of ether oxygens (including phenoxy) is 1. The first-order valence-electron chi connectivity index (χ1n) is 4.14. The van der Waals surface area contributed by atoms with Gasteiger partial charge in [-0.15, -0.1) is 0 Å². The maximum absolute atomic E-state index is 11.2. The molecule has 1 rings (SSSR count). The highest BCUT2D eigenvalue weighted by molar-refractivity contribution is 5.91. The summed E-state index contributed by atoms with van der Waals surface area (Å²) in [6.45, 7) is 1.60. The molecule has 0 atom stereocenters. The molecule has 0 spiro atoms. The fourth-order valence-electron chi connectivity index (χ4n) is 1.05. The van der Waals surface area contributed by atoms with Crippen LogP contribution in [-0.2, 0) is 9.53 Å². The molecule has 0 saturated carbocycles. The highest BCUT2D eigenvalue weighted by Crippen LogP contribution is 2.16. The molecule has 0 radical (unpaired) electrons. The normalized spacial score (nSPS) is 10.5. The van der Waals surface area contributed by atoms with Crippen molar-refractivity contribution in [2.45, 2.75) is 6.92 Å². The maximum atomic E-state index is 11.2. The minimum atomic E-state index is -1.08. The van der Waals surface area contributed by atoms with E-state index in [2.05, 4.69) is 4.74 Å². The van der Waals surface area contributed by atoms with E-state index >= 15 is 0 Å². The van der Waals surface area contributed by atoms with Crippen LogP contribution in [0.4, 0.5) is 0 Å². The summed E-state index contributed by atoms with van der Waals surface area (Å²) < 4.78 is 9.65. The number of hydrogen-bond donors (Lipinski definition) is 1. The van der Waals surface area contributed by atoms with Crippen LogP contribution in [0.2, 0.25) is 0 Å². The van der Waals surface area contributed by atoms with Crippen LogP contribution in [0.15, 0.2) is 16.6 Å². The van der Waals surface area contributed by atoms with E-state index in [4.69, 9.17) is 9.52 Å². The summed E-state index contributed by atoms with van der Waals surface area (Å²) in [7, 11) is 1.27. The first-order valence-corrected chi connectivity index (χ1v) is 4.14. The van der Waals surface area contributed by atoms with Crippen molar-refractivity contribution < 1.29 is 23.8 Å². The second kappa shape index (κ2) is 4.45. The molecule has 5 heteroatoms. The molecule has 0 unspecified atom stereocenters. The Labute approximate surface area is 86.0 Å². The largest absolute Gasteiger partial charge is 0.478 e. The number of furan rings is 1. The van der Waals surface area contributed by atoms with Crippen LogP contribution in [0, 0.1) is 6.92 Å². The van der Waals surface area contributed by atoms with E-state index < -0.39 is 11.9 Å². The van der Waals surface area contributed by atoms with Gasteiger partial charge in [-0.1, -0.05) is 0 Å². The Morgan fingerprint density at radius 1 is 1.53 bits per heavy atom. The molecule has 0 fully saturated rings. The van der Waals surface area contributed by atoms with Crippen molar-refractivity contribution >= 4 is 18.0 Å². The van der Waals surface area contributed by atoms with Crippen LogP contribution in [0.5, 0.6) is 0 Å². The highest BCUT2D eigenvalue weighted by Gasteiger charge is 2.13. The molecule has 15 heavy (non-hydrogen) atoms. The lowest BCUT2D eigenvalue weighted by Crippen LogP contribution is -2.00. The van der Waals surface area contributed by atoms with E-state index in [9.17, 15) is 9.59 Å². The topological polar surface area (TPSA) is 76.7 Å². The molecule has 0 saturated heterocycles. The quantitative estimate of drug-likeness (QED) is 0.603. The average Bonchev–Trinajstić information content (AvgIpc) is 2.55. The van der Waals surface area contributed by atoms with E-state index in [1.165, 1.54) is 19.3 Å². The fourth-order valence-corrected chi connectivity index (χ4v) is 1.05.